The zero-order chi connectivity index (χ0) is 25.2. The zero-order valence-electron chi connectivity index (χ0n) is 22.2. The molecular formula is C28H40N6O2. The number of hydrogen-bond donors (Lipinski definition) is 1. The number of rotatable bonds is 8. The molecule has 1 aliphatic heterocycles. The second-order valence-electron chi connectivity index (χ2n) is 11.2. The van der Waals surface area contributed by atoms with Crippen LogP contribution in [0.3, 0.4) is 0 Å². The minimum Gasteiger partial charge on any atom is -0.377 e. The van der Waals surface area contributed by atoms with E-state index in [1.165, 1.54) is 24.8 Å². The van der Waals surface area contributed by atoms with Crippen LogP contribution in [0.25, 0.3) is 10.9 Å². The van der Waals surface area contributed by atoms with Crippen molar-refractivity contribution in [3.05, 3.63) is 51.1 Å². The molecule has 0 spiro atoms. The minimum absolute atomic E-state index is 0.0136. The molecule has 2 fully saturated rings. The molecule has 8 nitrogen and oxygen atoms in total. The lowest BCUT2D eigenvalue weighted by Crippen LogP contribution is -2.40. The fourth-order valence-corrected chi connectivity index (χ4v) is 6.24. The van der Waals surface area contributed by atoms with Crippen LogP contribution in [0.1, 0.15) is 93.4 Å². The first-order valence-corrected chi connectivity index (χ1v) is 13.7. The second kappa shape index (κ2) is 10.8. The van der Waals surface area contributed by atoms with Gasteiger partial charge in [-0.05, 0) is 79.1 Å². The highest BCUT2D eigenvalue weighted by molar-refractivity contribution is 5.83. The first-order chi connectivity index (χ1) is 17.4. The summed E-state index contributed by atoms with van der Waals surface area (Å²) in [7, 11) is 0. The quantitative estimate of drug-likeness (QED) is 0.475. The van der Waals surface area contributed by atoms with Gasteiger partial charge in [-0.1, -0.05) is 39.2 Å². The topological polar surface area (TPSA) is 88.9 Å². The summed E-state index contributed by atoms with van der Waals surface area (Å²) in [4.78, 5) is 18.8. The highest BCUT2D eigenvalue weighted by atomic mass is 16.5. The lowest BCUT2D eigenvalue weighted by Gasteiger charge is -2.36. The largest absolute Gasteiger partial charge is 0.377 e. The van der Waals surface area contributed by atoms with Gasteiger partial charge in [-0.25, -0.2) is 4.68 Å². The van der Waals surface area contributed by atoms with E-state index < -0.39 is 0 Å². The molecule has 0 unspecified atom stereocenters. The molecule has 3 aromatic rings. The third-order valence-electron chi connectivity index (χ3n) is 7.95. The number of pyridine rings is 1. The van der Waals surface area contributed by atoms with Gasteiger partial charge in [0.25, 0.3) is 5.56 Å². The summed E-state index contributed by atoms with van der Waals surface area (Å²) < 4.78 is 8.15. The van der Waals surface area contributed by atoms with E-state index in [-0.39, 0.29) is 23.6 Å². The van der Waals surface area contributed by atoms with E-state index in [4.69, 9.17) is 4.74 Å². The van der Waals surface area contributed by atoms with Crippen molar-refractivity contribution < 1.29 is 4.74 Å². The summed E-state index contributed by atoms with van der Waals surface area (Å²) in [6.07, 6.45) is 8.27. The minimum atomic E-state index is -0.0285. The molecule has 5 rings (SSSR count). The summed E-state index contributed by atoms with van der Waals surface area (Å²) in [6.45, 7) is 10.7. The molecule has 2 atom stereocenters. The standard InChI is InChI=1S/C28H40N6O2/c1-18(2)26(27-30-31-32-34(27)22-9-6-5-7-10-22)33(17-23-11-8-12-36-23)16-21-15-24-20(4)13-19(3)14-25(24)29-28(21)35/h13-15,18,22-23,26H,5-12,16-17H2,1-4H3,(H,29,35)/t23-,26+/m0/s1. The molecule has 1 saturated heterocycles. The van der Waals surface area contributed by atoms with Crippen molar-refractivity contribution in [3.63, 3.8) is 0 Å². The fourth-order valence-electron chi connectivity index (χ4n) is 6.24. The van der Waals surface area contributed by atoms with Crippen molar-refractivity contribution in [1.29, 1.82) is 0 Å². The Balaban J connectivity index is 1.53. The van der Waals surface area contributed by atoms with E-state index in [2.05, 4.69) is 69.9 Å². The van der Waals surface area contributed by atoms with E-state index in [1.54, 1.807) is 0 Å². The van der Waals surface area contributed by atoms with E-state index in [0.717, 1.165) is 66.7 Å². The van der Waals surface area contributed by atoms with Gasteiger partial charge in [0.15, 0.2) is 5.82 Å². The van der Waals surface area contributed by atoms with Gasteiger partial charge >= 0.3 is 0 Å². The van der Waals surface area contributed by atoms with Crippen LogP contribution >= 0.6 is 0 Å². The second-order valence-corrected chi connectivity index (χ2v) is 11.2. The average molecular weight is 493 g/mol. The van der Waals surface area contributed by atoms with E-state index in [9.17, 15) is 4.79 Å². The molecule has 0 amide bonds. The first kappa shape index (κ1) is 25.1. The smallest absolute Gasteiger partial charge is 0.252 e. The van der Waals surface area contributed by atoms with Crippen molar-refractivity contribution in [2.45, 2.75) is 97.4 Å². The van der Waals surface area contributed by atoms with Crippen LogP contribution in [-0.4, -0.2) is 49.3 Å². The maximum absolute atomic E-state index is 13.3. The SMILES string of the molecule is Cc1cc(C)c2cc(CN(C[C@@H]3CCCO3)[C@@H](c3nnnn3C3CCCCC3)C(C)C)c(=O)[nH]c2c1. The Hall–Kier alpha value is -2.58. The van der Waals surface area contributed by atoms with Crippen LogP contribution in [0.15, 0.2) is 23.0 Å². The summed E-state index contributed by atoms with van der Waals surface area (Å²) in [6, 6.07) is 6.63. The molecule has 36 heavy (non-hydrogen) atoms. The van der Waals surface area contributed by atoms with E-state index in [0.29, 0.717) is 12.6 Å². The molecule has 2 aliphatic rings. The van der Waals surface area contributed by atoms with Gasteiger partial charge in [0, 0.05) is 36.2 Å². The molecule has 0 radical (unpaired) electrons. The first-order valence-electron chi connectivity index (χ1n) is 13.7. The third kappa shape index (κ3) is 5.25. The highest BCUT2D eigenvalue weighted by Gasteiger charge is 2.34. The lowest BCUT2D eigenvalue weighted by molar-refractivity contribution is 0.0375. The molecule has 194 valence electrons. The number of tetrazole rings is 1. The summed E-state index contributed by atoms with van der Waals surface area (Å²) in [5.41, 5.74) is 3.97. The van der Waals surface area contributed by atoms with E-state index >= 15 is 0 Å². The number of aromatic nitrogens is 5. The maximum atomic E-state index is 13.3. The number of aromatic amines is 1. The number of aryl methyl sites for hydroxylation is 2. The lowest BCUT2D eigenvalue weighted by atomic mass is 9.94. The molecule has 1 N–H and O–H groups in total. The van der Waals surface area contributed by atoms with Gasteiger partial charge in [-0.2, -0.15) is 0 Å². The molecule has 0 bridgehead atoms. The number of nitrogens with zero attached hydrogens (tertiary/aromatic N) is 5. The average Bonchev–Trinajstić information content (AvgIpc) is 3.53. The van der Waals surface area contributed by atoms with Crippen LogP contribution in [0.2, 0.25) is 0 Å². The molecule has 1 aliphatic carbocycles. The number of benzene rings is 1. The number of H-pyrrole nitrogens is 1. The third-order valence-corrected chi connectivity index (χ3v) is 7.95. The highest BCUT2D eigenvalue weighted by Crippen LogP contribution is 2.34. The fraction of sp³-hybridized carbons (Fsp3) is 0.643. The van der Waals surface area contributed by atoms with Crippen molar-refractivity contribution in [1.82, 2.24) is 30.1 Å². The number of nitrogens with one attached hydrogen (secondary N) is 1. The van der Waals surface area contributed by atoms with Gasteiger partial charge < -0.3 is 9.72 Å². The van der Waals surface area contributed by atoms with Crippen molar-refractivity contribution >= 4 is 10.9 Å². The van der Waals surface area contributed by atoms with Gasteiger partial charge in [0.2, 0.25) is 0 Å². The Morgan fingerprint density at radius 1 is 1.11 bits per heavy atom. The molecule has 1 saturated carbocycles. The predicted octanol–water partition coefficient (Wildman–Crippen LogP) is 5.01. The Labute approximate surface area is 213 Å². The monoisotopic (exact) mass is 492 g/mol. The normalized spacial score (nSPS) is 20.1. The molecular weight excluding hydrogens is 452 g/mol. The van der Waals surface area contributed by atoms with Crippen molar-refractivity contribution in [2.75, 3.05) is 13.2 Å². The number of ether oxygens (including phenoxy) is 1. The van der Waals surface area contributed by atoms with Crippen molar-refractivity contribution in [2.24, 2.45) is 5.92 Å². The van der Waals surface area contributed by atoms with Crippen LogP contribution in [-0.2, 0) is 11.3 Å². The van der Waals surface area contributed by atoms with Crippen molar-refractivity contribution in [3.8, 4) is 0 Å². The number of fused-ring (bicyclic) bond motifs is 1. The molecule has 3 heterocycles. The van der Waals surface area contributed by atoms with Gasteiger partial charge in [0.1, 0.15) is 0 Å². The van der Waals surface area contributed by atoms with Crippen LogP contribution in [0.4, 0.5) is 0 Å². The summed E-state index contributed by atoms with van der Waals surface area (Å²) in [5, 5.41) is 14.3. The van der Waals surface area contributed by atoms with E-state index in [1.807, 2.05) is 6.07 Å². The van der Waals surface area contributed by atoms with Crippen LogP contribution in [0.5, 0.6) is 0 Å². The predicted molar refractivity (Wildman–Crippen MR) is 141 cm³/mol. The maximum Gasteiger partial charge on any atom is 0.252 e. The van der Waals surface area contributed by atoms with Crippen LogP contribution < -0.4 is 5.56 Å². The van der Waals surface area contributed by atoms with Crippen LogP contribution in [0, 0.1) is 19.8 Å². The molecule has 1 aromatic carbocycles. The molecule has 2 aromatic heterocycles. The van der Waals surface area contributed by atoms with Gasteiger partial charge in [0.05, 0.1) is 18.2 Å². The summed E-state index contributed by atoms with van der Waals surface area (Å²) in [5.74, 6) is 1.18. The Bertz CT molecular complexity index is 1240. The Morgan fingerprint density at radius 2 is 1.92 bits per heavy atom. The Morgan fingerprint density at radius 3 is 2.64 bits per heavy atom. The van der Waals surface area contributed by atoms with Gasteiger partial charge in [-0.3, -0.25) is 9.69 Å². The van der Waals surface area contributed by atoms with Gasteiger partial charge in [-0.15, -0.1) is 5.10 Å². The summed E-state index contributed by atoms with van der Waals surface area (Å²) >= 11 is 0. The number of hydrogen-bond acceptors (Lipinski definition) is 6. The molecule has 8 heteroatoms. The Kier molecular flexibility index (Phi) is 7.53. The zero-order valence-corrected chi connectivity index (χ0v) is 22.2.